The lowest BCUT2D eigenvalue weighted by atomic mass is 10.0. The molecule has 0 radical (unpaired) electrons. The van der Waals surface area contributed by atoms with Crippen molar-refractivity contribution in [3.8, 4) is 16.9 Å². The van der Waals surface area contributed by atoms with Crippen LogP contribution < -0.4 is 10.6 Å². The van der Waals surface area contributed by atoms with E-state index in [0.29, 0.717) is 64.0 Å². The van der Waals surface area contributed by atoms with Crippen LogP contribution >= 0.6 is 11.6 Å². The highest BCUT2D eigenvalue weighted by molar-refractivity contribution is 6.34. The molecule has 0 aliphatic carbocycles. The van der Waals surface area contributed by atoms with Gasteiger partial charge in [0.25, 0.3) is 0 Å². The number of fused-ring (bicyclic) bond motifs is 1. The zero-order valence-electron chi connectivity index (χ0n) is 25.6. The Kier molecular flexibility index (Phi) is 7.07. The number of carbonyl (C=O) groups excluding carboxylic acids is 1. The van der Waals surface area contributed by atoms with Crippen molar-refractivity contribution in [1.29, 1.82) is 0 Å². The molecule has 0 N–H and O–H groups in total. The zero-order chi connectivity index (χ0) is 31.0. The molecule has 0 unspecified atom stereocenters. The molecule has 8 nitrogen and oxygen atoms in total. The average molecular weight is 571 g/mol. The van der Waals surface area contributed by atoms with Gasteiger partial charge in [-0.2, -0.15) is 4.98 Å². The Bertz CT molecular complexity index is 1830. The van der Waals surface area contributed by atoms with Crippen LogP contribution in [0.4, 0.5) is 5.82 Å². The average Bonchev–Trinajstić information content (AvgIpc) is 2.96. The summed E-state index contributed by atoms with van der Waals surface area (Å²) in [6.07, 6.45) is 4.46. The van der Waals surface area contributed by atoms with E-state index >= 15 is 0 Å². The number of benzene rings is 1. The summed E-state index contributed by atoms with van der Waals surface area (Å²) in [4.78, 5) is 44.4. The summed E-state index contributed by atoms with van der Waals surface area (Å²) in [6.45, 7) is 12.5. The number of hydrogen-bond donors (Lipinski definition) is 0. The van der Waals surface area contributed by atoms with E-state index in [0.717, 1.165) is 11.3 Å². The van der Waals surface area contributed by atoms with Crippen molar-refractivity contribution in [2.45, 2.75) is 39.7 Å². The number of aromatic nitrogens is 4. The monoisotopic (exact) mass is 570 g/mol. The molecule has 4 aromatic rings. The molecular weight excluding hydrogens is 536 g/mol. The Morgan fingerprint density at radius 2 is 2.00 bits per heavy atom. The van der Waals surface area contributed by atoms with Crippen LogP contribution in [0, 0.1) is 6.92 Å². The molecule has 1 fully saturated rings. The number of pyridine rings is 2. The first-order valence-electron chi connectivity index (χ1n) is 14.5. The van der Waals surface area contributed by atoms with E-state index in [4.69, 9.17) is 19.3 Å². The molecule has 1 atom stereocenters. The minimum Gasteiger partial charge on any atom is -0.350 e. The number of anilines is 1. The van der Waals surface area contributed by atoms with Gasteiger partial charge in [0, 0.05) is 37.4 Å². The molecule has 5 rings (SSSR count). The summed E-state index contributed by atoms with van der Waals surface area (Å²) in [7, 11) is 0. The first kappa shape index (κ1) is 25.7. The van der Waals surface area contributed by atoms with Crippen molar-refractivity contribution in [2.75, 3.05) is 24.5 Å². The minimum atomic E-state index is -0.508. The smallest absolute Gasteiger partial charge is 0.350 e. The highest BCUT2D eigenvalue weighted by atomic mass is 35.5. The molecule has 1 aliphatic rings. The van der Waals surface area contributed by atoms with Crippen LogP contribution in [0.15, 0.2) is 66.6 Å². The van der Waals surface area contributed by atoms with Gasteiger partial charge in [-0.15, -0.1) is 0 Å². The Hall–Kier alpha value is -4.30. The maximum Gasteiger partial charge on any atom is 0.355 e. The van der Waals surface area contributed by atoms with Gasteiger partial charge in [-0.05, 0) is 49.1 Å². The van der Waals surface area contributed by atoms with Gasteiger partial charge in [0.05, 0.1) is 30.2 Å². The fourth-order valence-electron chi connectivity index (χ4n) is 5.44. The van der Waals surface area contributed by atoms with Gasteiger partial charge in [0.1, 0.15) is 5.82 Å². The van der Waals surface area contributed by atoms with Crippen LogP contribution in [-0.2, 0) is 4.79 Å². The molecule has 0 saturated carbocycles. The molecule has 1 aromatic carbocycles. The van der Waals surface area contributed by atoms with Crippen LogP contribution in [0.3, 0.4) is 0 Å². The van der Waals surface area contributed by atoms with Crippen molar-refractivity contribution >= 4 is 40.4 Å². The predicted molar refractivity (Wildman–Crippen MR) is 166 cm³/mol. The van der Waals surface area contributed by atoms with Gasteiger partial charge >= 0.3 is 5.69 Å². The number of amides is 1. The Balaban J connectivity index is 1.83. The van der Waals surface area contributed by atoms with Crippen LogP contribution in [0.5, 0.6) is 0 Å². The predicted octanol–water partition coefficient (Wildman–Crippen LogP) is 5.79. The number of rotatable bonds is 6. The van der Waals surface area contributed by atoms with Gasteiger partial charge in [-0.3, -0.25) is 9.78 Å². The number of hydrogen-bond acceptors (Lipinski definition) is 6. The third-order valence-electron chi connectivity index (χ3n) is 7.48. The lowest BCUT2D eigenvalue weighted by Gasteiger charge is -2.40. The molecule has 0 spiro atoms. The molecule has 1 aliphatic heterocycles. The summed E-state index contributed by atoms with van der Waals surface area (Å²) >= 11 is 6.94. The maximum atomic E-state index is 14.1. The molecule has 0 bridgehead atoms. The molecule has 4 heterocycles. The number of aryl methyl sites for hydroxylation is 1. The minimum absolute atomic E-state index is 0.0113. The number of carbonyl (C=O) groups is 1. The standard InChI is InChI=1S/C32H33ClN6O2/c1-7-22-11-9-10-12-23(22)28-25(33)17-24-30(38-16-15-37(18-21(38)6)26(40)8-2)36-32(41)39(31(24)35-28)29-20(5)13-14-34-27(29)19(3)4/h7-14,17,19,21H,1-2,15-16,18H2,3-6H3/t21-/m0/s1/i1D2. The van der Waals surface area contributed by atoms with Crippen molar-refractivity contribution in [3.05, 3.63) is 94.1 Å². The summed E-state index contributed by atoms with van der Waals surface area (Å²) in [6, 6.07) is 10.7. The largest absolute Gasteiger partial charge is 0.355 e. The topological polar surface area (TPSA) is 84.2 Å². The van der Waals surface area contributed by atoms with Crippen LogP contribution in [0.25, 0.3) is 34.1 Å². The van der Waals surface area contributed by atoms with Crippen molar-refractivity contribution in [1.82, 2.24) is 24.4 Å². The SMILES string of the molecule is [2H]C([2H])=Cc1ccccc1-c1nc2c(cc1Cl)c(N1CCN(C(=O)C=C)C[C@@H]1C)nc(=O)n2-c1c(C)ccnc1C(C)C. The zero-order valence-corrected chi connectivity index (χ0v) is 24.3. The van der Waals surface area contributed by atoms with E-state index in [-0.39, 0.29) is 24.4 Å². The molecule has 210 valence electrons. The Morgan fingerprint density at radius 1 is 1.22 bits per heavy atom. The molecule has 41 heavy (non-hydrogen) atoms. The van der Waals surface area contributed by atoms with Crippen molar-refractivity contribution in [3.63, 3.8) is 0 Å². The normalized spacial score (nSPS) is 16.0. The molecule has 1 saturated heterocycles. The molecule has 1 amide bonds. The lowest BCUT2D eigenvalue weighted by Crippen LogP contribution is -2.54. The number of halogens is 1. The van der Waals surface area contributed by atoms with Gasteiger partial charge in [-0.1, -0.05) is 68.9 Å². The fourth-order valence-corrected chi connectivity index (χ4v) is 5.69. The summed E-state index contributed by atoms with van der Waals surface area (Å²) in [5, 5.41) is 0.912. The first-order valence-corrected chi connectivity index (χ1v) is 13.9. The van der Waals surface area contributed by atoms with Gasteiger partial charge < -0.3 is 9.80 Å². The maximum absolute atomic E-state index is 14.1. The third kappa shape index (κ3) is 5.04. The van der Waals surface area contributed by atoms with E-state index in [9.17, 15) is 9.59 Å². The number of piperazine rings is 1. The van der Waals surface area contributed by atoms with E-state index in [1.165, 1.54) is 16.7 Å². The summed E-state index contributed by atoms with van der Waals surface area (Å²) in [5.41, 5.74) is 3.70. The van der Waals surface area contributed by atoms with Crippen molar-refractivity contribution in [2.24, 2.45) is 0 Å². The van der Waals surface area contributed by atoms with Crippen LogP contribution in [0.2, 0.25) is 5.02 Å². The first-order chi connectivity index (χ1) is 20.5. The summed E-state index contributed by atoms with van der Waals surface area (Å²) in [5.74, 6) is 0.312. The fraction of sp³-hybridized carbons (Fsp3) is 0.281. The van der Waals surface area contributed by atoms with E-state index in [1.807, 2.05) is 56.9 Å². The number of nitrogens with zero attached hydrogens (tertiary/aromatic N) is 6. The molecular formula is C32H33ClN6O2. The van der Waals surface area contributed by atoms with Gasteiger partial charge in [0.2, 0.25) is 5.91 Å². The second-order valence-electron chi connectivity index (χ2n) is 10.5. The summed E-state index contributed by atoms with van der Waals surface area (Å²) < 4.78 is 16.9. The van der Waals surface area contributed by atoms with E-state index in [2.05, 4.69) is 16.5 Å². The second kappa shape index (κ2) is 11.3. The van der Waals surface area contributed by atoms with E-state index < -0.39 is 5.69 Å². The highest BCUT2D eigenvalue weighted by Gasteiger charge is 2.30. The van der Waals surface area contributed by atoms with Gasteiger partial charge in [-0.25, -0.2) is 14.3 Å². The lowest BCUT2D eigenvalue weighted by molar-refractivity contribution is -0.126. The quantitative estimate of drug-likeness (QED) is 0.273. The van der Waals surface area contributed by atoms with Crippen molar-refractivity contribution < 1.29 is 7.54 Å². The Labute approximate surface area is 247 Å². The third-order valence-corrected chi connectivity index (χ3v) is 7.77. The second-order valence-corrected chi connectivity index (χ2v) is 10.9. The van der Waals surface area contributed by atoms with Gasteiger partial charge in [0.15, 0.2) is 5.65 Å². The highest BCUT2D eigenvalue weighted by Crippen LogP contribution is 2.36. The molecule has 3 aromatic heterocycles. The Morgan fingerprint density at radius 3 is 2.71 bits per heavy atom. The van der Waals surface area contributed by atoms with Crippen LogP contribution in [0.1, 0.15) is 46.3 Å². The molecule has 9 heteroatoms. The van der Waals surface area contributed by atoms with E-state index in [1.54, 1.807) is 23.2 Å². The van der Waals surface area contributed by atoms with Crippen LogP contribution in [-0.4, -0.2) is 56.0 Å².